The molecule has 2 N–H and O–H groups in total. The Balaban J connectivity index is 2.10. The van der Waals surface area contributed by atoms with Crippen LogP contribution in [0, 0.1) is 11.3 Å². The van der Waals surface area contributed by atoms with Gasteiger partial charge in [0.2, 0.25) is 5.91 Å². The summed E-state index contributed by atoms with van der Waals surface area (Å²) in [6.07, 6.45) is 1.89. The van der Waals surface area contributed by atoms with Crippen molar-refractivity contribution in [3.05, 3.63) is 34.9 Å². The van der Waals surface area contributed by atoms with E-state index in [0.717, 1.165) is 31.0 Å². The van der Waals surface area contributed by atoms with Gasteiger partial charge in [0.05, 0.1) is 6.04 Å². The maximum absolute atomic E-state index is 12.7. The van der Waals surface area contributed by atoms with Crippen molar-refractivity contribution in [2.24, 2.45) is 17.1 Å². The van der Waals surface area contributed by atoms with Gasteiger partial charge in [-0.3, -0.25) is 4.79 Å². The van der Waals surface area contributed by atoms with Gasteiger partial charge in [-0.1, -0.05) is 57.8 Å². The Morgan fingerprint density at radius 1 is 1.39 bits per heavy atom. The molecule has 1 heterocycles. The molecule has 0 aromatic heterocycles. The van der Waals surface area contributed by atoms with Gasteiger partial charge in [0, 0.05) is 18.1 Å². The van der Waals surface area contributed by atoms with E-state index in [1.54, 1.807) is 0 Å². The molecule has 1 aliphatic rings. The van der Waals surface area contributed by atoms with Crippen molar-refractivity contribution < 1.29 is 4.79 Å². The van der Waals surface area contributed by atoms with E-state index < -0.39 is 0 Å². The van der Waals surface area contributed by atoms with Crippen molar-refractivity contribution in [1.29, 1.82) is 0 Å². The summed E-state index contributed by atoms with van der Waals surface area (Å²) in [6.45, 7) is 10.1. The predicted molar refractivity (Wildman–Crippen MR) is 96.6 cm³/mol. The molecule has 3 unspecified atom stereocenters. The average molecular weight is 337 g/mol. The van der Waals surface area contributed by atoms with Crippen LogP contribution < -0.4 is 5.73 Å². The fourth-order valence-electron chi connectivity index (χ4n) is 3.57. The molecule has 1 aromatic rings. The second-order valence-corrected chi connectivity index (χ2v) is 7.99. The van der Waals surface area contributed by atoms with Gasteiger partial charge in [0.25, 0.3) is 0 Å². The summed E-state index contributed by atoms with van der Waals surface area (Å²) in [7, 11) is 0. The number of carbonyl (C=O) groups excluding carboxylic acids is 1. The van der Waals surface area contributed by atoms with Crippen LogP contribution in [0.1, 0.15) is 52.0 Å². The van der Waals surface area contributed by atoms with Crippen LogP contribution in [0.5, 0.6) is 0 Å². The van der Waals surface area contributed by atoms with E-state index in [0.29, 0.717) is 5.92 Å². The first-order valence-corrected chi connectivity index (χ1v) is 8.94. The molecule has 3 atom stereocenters. The number of rotatable bonds is 4. The molecular formula is C19H29ClN2O. The monoisotopic (exact) mass is 336 g/mol. The lowest BCUT2D eigenvalue weighted by atomic mass is 9.70. The maximum atomic E-state index is 12.7. The van der Waals surface area contributed by atoms with Gasteiger partial charge in [-0.15, -0.1) is 0 Å². The smallest absolute Gasteiger partial charge is 0.239 e. The van der Waals surface area contributed by atoms with Crippen LogP contribution in [-0.2, 0) is 4.79 Å². The lowest BCUT2D eigenvalue weighted by Crippen LogP contribution is -2.53. The summed E-state index contributed by atoms with van der Waals surface area (Å²) in [5.74, 6) is 0.755. The lowest BCUT2D eigenvalue weighted by Gasteiger charge is -2.45. The molecule has 4 heteroatoms. The van der Waals surface area contributed by atoms with E-state index >= 15 is 0 Å². The number of likely N-dealkylation sites (tertiary alicyclic amines) is 1. The van der Waals surface area contributed by atoms with Crippen molar-refractivity contribution in [2.45, 2.75) is 52.5 Å². The Bertz CT molecular complexity index is 541. The number of hydrogen-bond acceptors (Lipinski definition) is 2. The molecular weight excluding hydrogens is 308 g/mol. The van der Waals surface area contributed by atoms with Gasteiger partial charge < -0.3 is 10.6 Å². The largest absolute Gasteiger partial charge is 0.341 e. The third-order valence-electron chi connectivity index (χ3n) is 5.36. The van der Waals surface area contributed by atoms with Gasteiger partial charge in [-0.25, -0.2) is 0 Å². The second-order valence-electron chi connectivity index (χ2n) is 7.55. The number of amides is 1. The van der Waals surface area contributed by atoms with E-state index in [2.05, 4.69) is 32.9 Å². The highest BCUT2D eigenvalue weighted by molar-refractivity contribution is 6.30. The van der Waals surface area contributed by atoms with Crippen molar-refractivity contribution in [2.75, 3.05) is 13.1 Å². The van der Waals surface area contributed by atoms with Gasteiger partial charge >= 0.3 is 0 Å². The quantitative estimate of drug-likeness (QED) is 0.901. The SMILES string of the molecule is CCC(C)C(N)C(=O)N1CCC(c2ccc(Cl)cc2)C(C)(C)C1. The van der Waals surface area contributed by atoms with E-state index in [4.69, 9.17) is 17.3 Å². The number of nitrogens with two attached hydrogens (primary N) is 1. The van der Waals surface area contributed by atoms with Crippen molar-refractivity contribution in [1.82, 2.24) is 4.90 Å². The first-order valence-electron chi connectivity index (χ1n) is 8.56. The molecule has 23 heavy (non-hydrogen) atoms. The van der Waals surface area contributed by atoms with Crippen LogP contribution in [0.25, 0.3) is 0 Å². The Morgan fingerprint density at radius 3 is 2.52 bits per heavy atom. The number of nitrogens with zero attached hydrogens (tertiary/aromatic N) is 1. The van der Waals surface area contributed by atoms with E-state index in [1.165, 1.54) is 5.56 Å². The zero-order valence-electron chi connectivity index (χ0n) is 14.7. The van der Waals surface area contributed by atoms with Crippen molar-refractivity contribution >= 4 is 17.5 Å². The lowest BCUT2D eigenvalue weighted by molar-refractivity contribution is -0.137. The van der Waals surface area contributed by atoms with Crippen LogP contribution >= 0.6 is 11.6 Å². The molecule has 2 rings (SSSR count). The third kappa shape index (κ3) is 4.07. The molecule has 1 saturated heterocycles. The Kier molecular flexibility index (Phi) is 5.74. The van der Waals surface area contributed by atoms with Crippen LogP contribution in [0.2, 0.25) is 5.02 Å². The number of halogens is 1. The number of piperidine rings is 1. The number of benzene rings is 1. The van der Waals surface area contributed by atoms with Gasteiger partial charge in [0.15, 0.2) is 0 Å². The normalized spacial score (nSPS) is 23.4. The fourth-order valence-corrected chi connectivity index (χ4v) is 3.69. The molecule has 0 saturated carbocycles. The minimum Gasteiger partial charge on any atom is -0.341 e. The summed E-state index contributed by atoms with van der Waals surface area (Å²) in [5, 5.41) is 0.763. The molecule has 0 radical (unpaired) electrons. The summed E-state index contributed by atoms with van der Waals surface area (Å²) in [5.41, 5.74) is 7.48. The molecule has 1 amide bonds. The summed E-state index contributed by atoms with van der Waals surface area (Å²) in [4.78, 5) is 14.6. The molecule has 3 nitrogen and oxygen atoms in total. The van der Waals surface area contributed by atoms with E-state index in [9.17, 15) is 4.79 Å². The topological polar surface area (TPSA) is 46.3 Å². The van der Waals surface area contributed by atoms with Gasteiger partial charge in [-0.05, 0) is 41.4 Å². The first kappa shape index (κ1) is 18.3. The minimum atomic E-state index is -0.386. The van der Waals surface area contributed by atoms with Crippen LogP contribution in [0.3, 0.4) is 0 Å². The zero-order chi connectivity index (χ0) is 17.2. The Morgan fingerprint density at radius 2 is 2.00 bits per heavy atom. The van der Waals surface area contributed by atoms with Crippen LogP contribution in [0.4, 0.5) is 0 Å². The highest BCUT2D eigenvalue weighted by Crippen LogP contribution is 2.42. The Hall–Kier alpha value is -1.06. The first-order chi connectivity index (χ1) is 10.8. The minimum absolute atomic E-state index is 0.0247. The van der Waals surface area contributed by atoms with Crippen molar-refractivity contribution in [3.63, 3.8) is 0 Å². The fraction of sp³-hybridized carbons (Fsp3) is 0.632. The Labute approximate surface area is 145 Å². The summed E-state index contributed by atoms with van der Waals surface area (Å²) >= 11 is 6.00. The zero-order valence-corrected chi connectivity index (χ0v) is 15.4. The standard InChI is InChI=1S/C19H29ClN2O/c1-5-13(2)17(21)18(23)22-11-10-16(19(3,4)12-22)14-6-8-15(20)9-7-14/h6-9,13,16-17H,5,10-12,21H2,1-4H3. The van der Waals surface area contributed by atoms with Crippen LogP contribution in [-0.4, -0.2) is 29.9 Å². The van der Waals surface area contributed by atoms with Crippen LogP contribution in [0.15, 0.2) is 24.3 Å². The predicted octanol–water partition coefficient (Wildman–Crippen LogP) is 4.06. The molecule has 1 aliphatic heterocycles. The second kappa shape index (κ2) is 7.23. The number of carbonyl (C=O) groups is 1. The van der Waals surface area contributed by atoms with E-state index in [-0.39, 0.29) is 23.3 Å². The highest BCUT2D eigenvalue weighted by atomic mass is 35.5. The highest BCUT2D eigenvalue weighted by Gasteiger charge is 2.39. The molecule has 0 aliphatic carbocycles. The van der Waals surface area contributed by atoms with Gasteiger partial charge in [-0.2, -0.15) is 0 Å². The molecule has 1 aromatic carbocycles. The van der Waals surface area contributed by atoms with Gasteiger partial charge in [0.1, 0.15) is 0 Å². The average Bonchev–Trinajstić information content (AvgIpc) is 2.53. The maximum Gasteiger partial charge on any atom is 0.239 e. The molecule has 0 bridgehead atoms. The molecule has 1 fully saturated rings. The number of hydrogen-bond donors (Lipinski definition) is 1. The van der Waals surface area contributed by atoms with E-state index in [1.807, 2.05) is 24.0 Å². The summed E-state index contributed by atoms with van der Waals surface area (Å²) in [6, 6.07) is 7.73. The summed E-state index contributed by atoms with van der Waals surface area (Å²) < 4.78 is 0. The van der Waals surface area contributed by atoms with Crippen molar-refractivity contribution in [3.8, 4) is 0 Å². The molecule has 0 spiro atoms. The third-order valence-corrected chi connectivity index (χ3v) is 5.61. The molecule has 128 valence electrons.